The number of benzene rings is 1. The molecule has 2 rings (SSSR count). The summed E-state index contributed by atoms with van der Waals surface area (Å²) in [5.41, 5.74) is 4.47. The maximum Gasteiger partial charge on any atom is 0.573 e. The third-order valence-corrected chi connectivity index (χ3v) is 2.95. The summed E-state index contributed by atoms with van der Waals surface area (Å²) in [5, 5.41) is 8.99. The average Bonchev–Trinajstić information content (AvgIpc) is 2.81. The zero-order chi connectivity index (χ0) is 18.1. The van der Waals surface area contributed by atoms with Gasteiger partial charge in [0.25, 0.3) is 0 Å². The highest BCUT2D eigenvalue weighted by Gasteiger charge is 2.33. The van der Waals surface area contributed by atoms with E-state index in [1.54, 1.807) is 6.07 Å². The number of rotatable bonds is 3. The molecule has 0 aliphatic carbocycles. The molecular weight excluding hydrogens is 334 g/mol. The fourth-order valence-corrected chi connectivity index (χ4v) is 2.00. The molecule has 0 bridgehead atoms. The molecule has 0 unspecified atom stereocenters. The van der Waals surface area contributed by atoms with E-state index in [4.69, 9.17) is 11.0 Å². The smallest absolute Gasteiger partial charge is 0.464 e. The van der Waals surface area contributed by atoms with Crippen molar-refractivity contribution in [2.75, 3.05) is 12.8 Å². The molecule has 0 spiro atoms. The number of esters is 1. The molecule has 10 heteroatoms. The van der Waals surface area contributed by atoms with Gasteiger partial charge in [0.05, 0.1) is 24.0 Å². The minimum Gasteiger partial charge on any atom is -0.464 e. The van der Waals surface area contributed by atoms with Gasteiger partial charge in [0.15, 0.2) is 11.4 Å². The van der Waals surface area contributed by atoms with Crippen molar-refractivity contribution in [1.82, 2.24) is 4.57 Å². The summed E-state index contributed by atoms with van der Waals surface area (Å²) >= 11 is 0. The summed E-state index contributed by atoms with van der Waals surface area (Å²) in [4.78, 5) is 11.9. The maximum absolute atomic E-state index is 13.3. The average molecular weight is 343 g/mol. The Morgan fingerprint density at radius 3 is 2.58 bits per heavy atom. The summed E-state index contributed by atoms with van der Waals surface area (Å²) in [6.07, 6.45) is -4.07. The van der Waals surface area contributed by atoms with Crippen molar-refractivity contribution in [2.45, 2.75) is 6.36 Å². The summed E-state index contributed by atoms with van der Waals surface area (Å²) in [6, 6.07) is 4.00. The van der Waals surface area contributed by atoms with E-state index in [1.165, 1.54) is 0 Å². The molecule has 0 aliphatic heterocycles. The van der Waals surface area contributed by atoms with E-state index in [0.29, 0.717) is 6.07 Å². The van der Waals surface area contributed by atoms with Crippen LogP contribution in [0.2, 0.25) is 0 Å². The largest absolute Gasteiger partial charge is 0.573 e. The molecule has 0 atom stereocenters. The molecule has 0 radical (unpaired) electrons. The fraction of sp³-hybridized carbons (Fsp3) is 0.143. The van der Waals surface area contributed by atoms with E-state index in [1.807, 2.05) is 0 Å². The number of hydrogen-bond acceptors (Lipinski definition) is 5. The van der Waals surface area contributed by atoms with Gasteiger partial charge in [0.1, 0.15) is 11.9 Å². The number of nitriles is 1. The summed E-state index contributed by atoms with van der Waals surface area (Å²) in [5.74, 6) is -2.89. The van der Waals surface area contributed by atoms with Crippen molar-refractivity contribution in [2.24, 2.45) is 0 Å². The lowest BCUT2D eigenvalue weighted by molar-refractivity contribution is -0.274. The lowest BCUT2D eigenvalue weighted by Crippen LogP contribution is -2.19. The number of halogens is 4. The number of nitrogens with two attached hydrogens (primary N) is 1. The second-order valence-electron chi connectivity index (χ2n) is 4.44. The second-order valence-corrected chi connectivity index (χ2v) is 4.44. The first-order valence-corrected chi connectivity index (χ1v) is 6.23. The van der Waals surface area contributed by atoms with Crippen LogP contribution in [0.25, 0.3) is 5.69 Å². The lowest BCUT2D eigenvalue weighted by Gasteiger charge is -2.15. The minimum atomic E-state index is -5.09. The van der Waals surface area contributed by atoms with Crippen molar-refractivity contribution < 1.29 is 31.8 Å². The van der Waals surface area contributed by atoms with Gasteiger partial charge in [-0.05, 0) is 12.1 Å². The number of nitrogen functional groups attached to an aromatic ring is 1. The number of anilines is 1. The van der Waals surface area contributed by atoms with Crippen molar-refractivity contribution in [3.63, 3.8) is 0 Å². The van der Waals surface area contributed by atoms with E-state index in [9.17, 15) is 22.4 Å². The molecule has 0 saturated carbocycles. The third kappa shape index (κ3) is 3.24. The quantitative estimate of drug-likeness (QED) is 0.684. The van der Waals surface area contributed by atoms with Gasteiger partial charge in [-0.1, -0.05) is 0 Å². The zero-order valence-electron chi connectivity index (χ0n) is 12.0. The highest BCUT2D eigenvalue weighted by atomic mass is 19.4. The molecule has 0 saturated heterocycles. The van der Waals surface area contributed by atoms with Crippen LogP contribution in [0.15, 0.2) is 24.4 Å². The van der Waals surface area contributed by atoms with Gasteiger partial charge in [-0.2, -0.15) is 5.26 Å². The van der Waals surface area contributed by atoms with Crippen LogP contribution in [0.5, 0.6) is 5.75 Å². The topological polar surface area (TPSA) is 90.3 Å². The fourth-order valence-electron chi connectivity index (χ4n) is 2.00. The van der Waals surface area contributed by atoms with Gasteiger partial charge in [-0.3, -0.25) is 0 Å². The molecule has 2 N–H and O–H groups in total. The standard InChI is InChI=1S/C14H9F4N3O3/c1-23-13(22)12-11(20)7(5-19)6-21(12)9-3-2-8(15)4-10(9)24-14(16,17)18/h2-4,6H,20H2,1H3. The Balaban J connectivity index is 2.73. The van der Waals surface area contributed by atoms with Gasteiger partial charge in [-0.15, -0.1) is 13.2 Å². The van der Waals surface area contributed by atoms with E-state index in [-0.39, 0.29) is 22.6 Å². The first kappa shape index (κ1) is 17.1. The van der Waals surface area contributed by atoms with Crippen LogP contribution in [-0.2, 0) is 4.74 Å². The first-order chi connectivity index (χ1) is 11.2. The van der Waals surface area contributed by atoms with Gasteiger partial charge >= 0.3 is 12.3 Å². The van der Waals surface area contributed by atoms with Crippen LogP contribution in [0.1, 0.15) is 16.1 Å². The zero-order valence-corrected chi connectivity index (χ0v) is 12.0. The first-order valence-electron chi connectivity index (χ1n) is 6.23. The highest BCUT2D eigenvalue weighted by Crippen LogP contribution is 2.33. The van der Waals surface area contributed by atoms with Crippen molar-refractivity contribution in [3.8, 4) is 17.5 Å². The molecule has 24 heavy (non-hydrogen) atoms. The van der Waals surface area contributed by atoms with Crippen LogP contribution in [0.4, 0.5) is 23.2 Å². The van der Waals surface area contributed by atoms with Crippen LogP contribution in [-0.4, -0.2) is 24.0 Å². The molecular formula is C14H9F4N3O3. The predicted octanol–water partition coefficient (Wildman–Crippen LogP) is 2.76. The Bertz CT molecular complexity index is 837. The van der Waals surface area contributed by atoms with Crippen LogP contribution < -0.4 is 10.5 Å². The van der Waals surface area contributed by atoms with Crippen LogP contribution >= 0.6 is 0 Å². The van der Waals surface area contributed by atoms with Crippen molar-refractivity contribution >= 4 is 11.7 Å². The van der Waals surface area contributed by atoms with E-state index in [0.717, 1.165) is 30.0 Å². The van der Waals surface area contributed by atoms with Crippen molar-refractivity contribution in [1.29, 1.82) is 5.26 Å². The third-order valence-electron chi connectivity index (χ3n) is 2.95. The van der Waals surface area contributed by atoms with E-state index in [2.05, 4.69) is 9.47 Å². The molecule has 2 aromatic rings. The lowest BCUT2D eigenvalue weighted by atomic mass is 10.2. The maximum atomic E-state index is 13.3. The summed E-state index contributed by atoms with van der Waals surface area (Å²) in [7, 11) is 1.03. The van der Waals surface area contributed by atoms with Crippen LogP contribution in [0, 0.1) is 17.1 Å². The SMILES string of the molecule is COC(=O)c1c(N)c(C#N)cn1-c1ccc(F)cc1OC(F)(F)F. The number of alkyl halides is 3. The Labute approximate surface area is 132 Å². The van der Waals surface area contributed by atoms with Crippen LogP contribution in [0.3, 0.4) is 0 Å². The number of ether oxygens (including phenoxy) is 2. The monoisotopic (exact) mass is 343 g/mol. The molecule has 6 nitrogen and oxygen atoms in total. The normalized spacial score (nSPS) is 11.0. The number of methoxy groups -OCH3 is 1. The Kier molecular flexibility index (Phi) is 4.37. The molecule has 1 heterocycles. The molecule has 0 fully saturated rings. The van der Waals surface area contributed by atoms with Crippen molar-refractivity contribution in [3.05, 3.63) is 41.5 Å². The number of hydrogen-bond donors (Lipinski definition) is 1. The molecule has 1 aromatic carbocycles. The molecule has 1 aromatic heterocycles. The Morgan fingerprint density at radius 2 is 2.04 bits per heavy atom. The molecule has 126 valence electrons. The summed E-state index contributed by atoms with van der Waals surface area (Å²) in [6.45, 7) is 0. The predicted molar refractivity (Wildman–Crippen MR) is 72.9 cm³/mol. The van der Waals surface area contributed by atoms with Gasteiger partial charge in [0.2, 0.25) is 0 Å². The molecule has 0 amide bonds. The minimum absolute atomic E-state index is 0.169. The van der Waals surface area contributed by atoms with Gasteiger partial charge in [-0.25, -0.2) is 9.18 Å². The highest BCUT2D eigenvalue weighted by molar-refractivity contribution is 5.96. The van der Waals surface area contributed by atoms with Gasteiger partial charge < -0.3 is 19.8 Å². The number of nitrogens with zero attached hydrogens (tertiary/aromatic N) is 2. The number of aromatic nitrogens is 1. The number of carbonyl (C=O) groups is 1. The van der Waals surface area contributed by atoms with E-state index < -0.39 is 23.9 Å². The second kappa shape index (κ2) is 6.11. The van der Waals surface area contributed by atoms with Gasteiger partial charge in [0, 0.05) is 12.3 Å². The Hall–Kier alpha value is -3.22. The van der Waals surface area contributed by atoms with E-state index >= 15 is 0 Å². The number of carbonyl (C=O) groups excluding carboxylic acids is 1. The summed E-state index contributed by atoms with van der Waals surface area (Å²) < 4.78 is 60.0. The Morgan fingerprint density at radius 1 is 1.38 bits per heavy atom. The molecule has 0 aliphatic rings.